The van der Waals surface area contributed by atoms with Crippen molar-refractivity contribution in [2.24, 2.45) is 0 Å². The molecule has 0 aliphatic rings. The molecule has 124 valence electrons. The summed E-state index contributed by atoms with van der Waals surface area (Å²) in [5, 5.41) is 25.9. The summed E-state index contributed by atoms with van der Waals surface area (Å²) in [7, 11) is 0. The Balaban J connectivity index is 1.74. The van der Waals surface area contributed by atoms with Crippen LogP contribution in [-0.4, -0.2) is 20.6 Å². The van der Waals surface area contributed by atoms with Crippen LogP contribution in [0.1, 0.15) is 17.0 Å². The quantitative estimate of drug-likeness (QED) is 0.520. The zero-order chi connectivity index (χ0) is 17.5. The summed E-state index contributed by atoms with van der Waals surface area (Å²) in [5.74, 6) is 1.14. The summed E-state index contributed by atoms with van der Waals surface area (Å²) < 4.78 is 0. The molecule has 25 heavy (non-hydrogen) atoms. The van der Waals surface area contributed by atoms with E-state index in [0.717, 1.165) is 16.3 Å². The van der Waals surface area contributed by atoms with Crippen LogP contribution in [-0.2, 0) is 5.75 Å². The van der Waals surface area contributed by atoms with Gasteiger partial charge in [-0.1, -0.05) is 42.0 Å². The molecule has 0 saturated heterocycles. The van der Waals surface area contributed by atoms with Crippen molar-refractivity contribution in [2.75, 3.05) is 5.32 Å². The Hall–Kier alpha value is -3.11. The van der Waals surface area contributed by atoms with Crippen LogP contribution in [0.2, 0.25) is 0 Å². The maximum absolute atomic E-state index is 9.24. The predicted molar refractivity (Wildman–Crippen MR) is 98.6 cm³/mol. The van der Waals surface area contributed by atoms with Crippen LogP contribution in [0.3, 0.4) is 0 Å². The number of hydrogen-bond donors (Lipinski definition) is 2. The number of allylic oxidation sites excluding steroid dienone is 1. The Morgan fingerprint density at radius 1 is 1.28 bits per heavy atom. The molecule has 0 aliphatic carbocycles. The topological polar surface area (TPSA) is 90.3 Å². The number of aromatic amines is 1. The van der Waals surface area contributed by atoms with Gasteiger partial charge in [0.25, 0.3) is 0 Å². The molecular formula is C18H16N6S. The minimum absolute atomic E-state index is 0.264. The zero-order valence-electron chi connectivity index (χ0n) is 13.6. The summed E-state index contributed by atoms with van der Waals surface area (Å²) in [6, 6.07) is 18.5. The smallest absolute Gasteiger partial charge is 0.216 e. The first kappa shape index (κ1) is 16.7. The summed E-state index contributed by atoms with van der Waals surface area (Å²) in [4.78, 5) is 1.10. The van der Waals surface area contributed by atoms with Gasteiger partial charge >= 0.3 is 0 Å². The summed E-state index contributed by atoms with van der Waals surface area (Å²) in [5.41, 5.74) is 3.77. The Morgan fingerprint density at radius 3 is 2.92 bits per heavy atom. The van der Waals surface area contributed by atoms with Gasteiger partial charge in [-0.25, -0.2) is 0 Å². The van der Waals surface area contributed by atoms with Gasteiger partial charge in [-0.3, -0.25) is 0 Å². The second-order valence-electron chi connectivity index (χ2n) is 5.32. The fraction of sp³-hybridized carbons (Fsp3) is 0.111. The number of para-hydroxylation sites is 1. The lowest BCUT2D eigenvalue weighted by Crippen LogP contribution is -1.94. The van der Waals surface area contributed by atoms with Gasteiger partial charge in [-0.15, -0.1) is 22.0 Å². The van der Waals surface area contributed by atoms with Crippen molar-refractivity contribution in [3.05, 3.63) is 71.7 Å². The predicted octanol–water partition coefficient (Wildman–Crippen LogP) is 3.78. The van der Waals surface area contributed by atoms with E-state index in [1.165, 1.54) is 11.1 Å². The Bertz CT molecular complexity index is 911. The lowest BCUT2D eigenvalue weighted by atomic mass is 10.2. The Labute approximate surface area is 150 Å². The maximum Gasteiger partial charge on any atom is 0.216 e. The number of thioether (sulfide) groups is 1. The van der Waals surface area contributed by atoms with Crippen LogP contribution < -0.4 is 5.32 Å². The van der Waals surface area contributed by atoms with E-state index in [0.29, 0.717) is 5.57 Å². The number of nitrogens with one attached hydrogen (secondary N) is 2. The highest BCUT2D eigenvalue weighted by Crippen LogP contribution is 2.30. The van der Waals surface area contributed by atoms with Crippen molar-refractivity contribution >= 4 is 23.0 Å². The average molecular weight is 348 g/mol. The monoisotopic (exact) mass is 348 g/mol. The first-order valence-electron chi connectivity index (χ1n) is 7.64. The number of rotatable bonds is 6. The second kappa shape index (κ2) is 8.13. The molecule has 0 atom stereocenters. The molecule has 1 aromatic heterocycles. The van der Waals surface area contributed by atoms with Gasteiger partial charge < -0.3 is 5.32 Å². The first-order chi connectivity index (χ1) is 12.3. The van der Waals surface area contributed by atoms with Gasteiger partial charge in [0, 0.05) is 16.8 Å². The van der Waals surface area contributed by atoms with Crippen LogP contribution >= 0.6 is 11.8 Å². The highest BCUT2D eigenvalue weighted by atomic mass is 32.2. The highest BCUT2D eigenvalue weighted by molar-refractivity contribution is 7.98. The summed E-state index contributed by atoms with van der Waals surface area (Å²) >= 11 is 1.74. The SMILES string of the molecule is Cc1cccc(CSc2ccccc2NC=C(C#N)c2nn[nH]n2)c1. The molecule has 0 aliphatic heterocycles. The molecule has 2 aromatic carbocycles. The molecule has 1 heterocycles. The number of anilines is 1. The van der Waals surface area contributed by atoms with Crippen LogP contribution in [0, 0.1) is 18.3 Å². The summed E-state index contributed by atoms with van der Waals surface area (Å²) in [6.45, 7) is 2.09. The minimum Gasteiger partial charge on any atom is -0.359 e. The van der Waals surface area contributed by atoms with Gasteiger partial charge in [0.2, 0.25) is 5.82 Å². The molecular weight excluding hydrogens is 332 g/mol. The van der Waals surface area contributed by atoms with Crippen molar-refractivity contribution in [3.8, 4) is 6.07 Å². The molecule has 2 N–H and O–H groups in total. The number of hydrogen-bond acceptors (Lipinski definition) is 6. The minimum atomic E-state index is 0.264. The molecule has 0 saturated carbocycles. The van der Waals surface area contributed by atoms with E-state index in [-0.39, 0.29) is 5.82 Å². The number of aromatic nitrogens is 4. The Morgan fingerprint density at radius 2 is 2.16 bits per heavy atom. The van der Waals surface area contributed by atoms with Crippen molar-refractivity contribution in [2.45, 2.75) is 17.6 Å². The third-order valence-electron chi connectivity index (χ3n) is 3.44. The van der Waals surface area contributed by atoms with Gasteiger partial charge in [0.1, 0.15) is 11.6 Å². The van der Waals surface area contributed by atoms with Crippen LogP contribution in [0.4, 0.5) is 5.69 Å². The lowest BCUT2D eigenvalue weighted by molar-refractivity contribution is 0.881. The zero-order valence-corrected chi connectivity index (χ0v) is 14.4. The molecule has 6 nitrogen and oxygen atoms in total. The maximum atomic E-state index is 9.24. The molecule has 3 rings (SSSR count). The number of aryl methyl sites for hydroxylation is 1. The van der Waals surface area contributed by atoms with Crippen molar-refractivity contribution < 1.29 is 0 Å². The molecule has 7 heteroatoms. The van der Waals surface area contributed by atoms with Crippen LogP contribution in [0.15, 0.2) is 59.6 Å². The fourth-order valence-corrected chi connectivity index (χ4v) is 3.21. The van der Waals surface area contributed by atoms with Crippen LogP contribution in [0.25, 0.3) is 5.57 Å². The molecule has 0 fully saturated rings. The molecule has 3 aromatic rings. The number of H-pyrrole nitrogens is 1. The van der Waals surface area contributed by atoms with E-state index < -0.39 is 0 Å². The largest absolute Gasteiger partial charge is 0.359 e. The molecule has 0 unspecified atom stereocenters. The number of nitriles is 1. The molecule has 0 amide bonds. The van der Waals surface area contributed by atoms with Gasteiger partial charge in [0.05, 0.1) is 5.69 Å². The van der Waals surface area contributed by atoms with Crippen molar-refractivity contribution in [1.82, 2.24) is 20.6 Å². The van der Waals surface area contributed by atoms with Crippen LogP contribution in [0.5, 0.6) is 0 Å². The number of benzene rings is 2. The van der Waals surface area contributed by atoms with E-state index in [2.05, 4.69) is 69.3 Å². The number of nitrogens with zero attached hydrogens (tertiary/aromatic N) is 4. The number of tetrazole rings is 1. The molecule has 0 radical (unpaired) electrons. The normalized spacial score (nSPS) is 11.1. The Kier molecular flexibility index (Phi) is 5.44. The van der Waals surface area contributed by atoms with Crippen molar-refractivity contribution in [3.63, 3.8) is 0 Å². The van der Waals surface area contributed by atoms with Gasteiger partial charge in [0.15, 0.2) is 0 Å². The third-order valence-corrected chi connectivity index (χ3v) is 4.59. The van der Waals surface area contributed by atoms with E-state index >= 15 is 0 Å². The molecule has 0 spiro atoms. The van der Waals surface area contributed by atoms with E-state index in [1.54, 1.807) is 18.0 Å². The second-order valence-corrected chi connectivity index (χ2v) is 6.34. The van der Waals surface area contributed by atoms with Gasteiger partial charge in [-0.05, 0) is 29.8 Å². The summed E-state index contributed by atoms with van der Waals surface area (Å²) in [6.07, 6.45) is 1.59. The van der Waals surface area contributed by atoms with E-state index in [4.69, 9.17) is 0 Å². The van der Waals surface area contributed by atoms with Gasteiger partial charge in [-0.2, -0.15) is 10.5 Å². The van der Waals surface area contributed by atoms with E-state index in [9.17, 15) is 5.26 Å². The fourth-order valence-electron chi connectivity index (χ4n) is 2.25. The van der Waals surface area contributed by atoms with Crippen molar-refractivity contribution in [1.29, 1.82) is 5.26 Å². The average Bonchev–Trinajstić information content (AvgIpc) is 3.16. The third kappa shape index (κ3) is 4.46. The molecule has 0 bridgehead atoms. The standard InChI is InChI=1S/C18H16N6S/c1-13-5-4-6-14(9-13)12-25-17-8-3-2-7-16(17)20-11-15(10-19)18-21-23-24-22-18/h2-9,11,20H,12H2,1H3,(H,21,22,23,24). The highest BCUT2D eigenvalue weighted by Gasteiger charge is 2.07. The van der Waals surface area contributed by atoms with E-state index in [1.807, 2.05) is 18.2 Å². The first-order valence-corrected chi connectivity index (χ1v) is 8.63. The lowest BCUT2D eigenvalue weighted by Gasteiger charge is -2.09.